The first-order valence-corrected chi connectivity index (χ1v) is 19.2. The normalized spacial score (nSPS) is 12.9. The molecule has 0 N–H and O–H groups in total. The van der Waals surface area contributed by atoms with Crippen molar-refractivity contribution in [1.29, 1.82) is 0 Å². The molecule has 1 aliphatic rings. The molecule has 5 heteroatoms. The minimum atomic E-state index is 0.583. The van der Waals surface area contributed by atoms with E-state index in [1.165, 1.54) is 32.9 Å². The second kappa shape index (κ2) is 13.2. The van der Waals surface area contributed by atoms with Gasteiger partial charge in [0.1, 0.15) is 0 Å². The monoisotopic (exact) mass is 717 g/mol. The summed E-state index contributed by atoms with van der Waals surface area (Å²) in [5.74, 6) is 1.85. The maximum Gasteiger partial charge on any atom is 0.238 e. The zero-order chi connectivity index (χ0) is 37.0. The van der Waals surface area contributed by atoms with Gasteiger partial charge in [0.2, 0.25) is 5.95 Å². The number of para-hydroxylation sites is 2. The Hall–Kier alpha value is -7.37. The van der Waals surface area contributed by atoms with Crippen molar-refractivity contribution in [3.8, 4) is 45.5 Å². The van der Waals surface area contributed by atoms with Gasteiger partial charge in [0.25, 0.3) is 0 Å². The van der Waals surface area contributed by atoms with Crippen LogP contribution in [0.1, 0.15) is 18.4 Å². The number of rotatable bonds is 6. The molecular formula is C51H35N5. The van der Waals surface area contributed by atoms with Gasteiger partial charge in [-0.3, -0.25) is 4.57 Å². The Balaban J connectivity index is 1.12. The number of allylic oxidation sites excluding steroid dienone is 4. The van der Waals surface area contributed by atoms with Gasteiger partial charge in [-0.2, -0.15) is 9.97 Å². The standard InChI is InChI=1S/C51H35N5/c1-4-15-34(16-5-1)37-21-14-22-40(31-37)55-45-25-12-10-23-41(45)43-29-27-38(32-47(43)55)39-28-30-44-42-24-11-13-26-46(42)56(48(44)33-39)51-53-49(35-17-6-2-7-18-35)52-50(54-51)36-19-8-3-9-20-36/h1-4,6-15,17-33H,5,16H2. The second-order valence-electron chi connectivity index (χ2n) is 14.4. The summed E-state index contributed by atoms with van der Waals surface area (Å²) in [7, 11) is 0. The van der Waals surface area contributed by atoms with E-state index in [0.29, 0.717) is 17.6 Å². The van der Waals surface area contributed by atoms with Crippen LogP contribution in [0.3, 0.4) is 0 Å². The lowest BCUT2D eigenvalue weighted by molar-refractivity contribution is 0.953. The third-order valence-corrected chi connectivity index (χ3v) is 11.1. The van der Waals surface area contributed by atoms with Crippen LogP contribution >= 0.6 is 0 Å². The first-order chi connectivity index (χ1) is 27.8. The van der Waals surface area contributed by atoms with Crippen molar-refractivity contribution >= 4 is 49.2 Å². The van der Waals surface area contributed by atoms with Crippen LogP contribution in [-0.2, 0) is 0 Å². The molecule has 0 amide bonds. The Morgan fingerprint density at radius 1 is 0.393 bits per heavy atom. The van der Waals surface area contributed by atoms with E-state index >= 15 is 0 Å². The van der Waals surface area contributed by atoms with Gasteiger partial charge in [-0.15, -0.1) is 0 Å². The smallest absolute Gasteiger partial charge is 0.238 e. The largest absolute Gasteiger partial charge is 0.309 e. The van der Waals surface area contributed by atoms with Crippen molar-refractivity contribution in [1.82, 2.24) is 24.1 Å². The van der Waals surface area contributed by atoms with Gasteiger partial charge < -0.3 is 4.57 Å². The van der Waals surface area contributed by atoms with Crippen molar-refractivity contribution < 1.29 is 0 Å². The van der Waals surface area contributed by atoms with Gasteiger partial charge >= 0.3 is 0 Å². The highest BCUT2D eigenvalue weighted by atomic mass is 15.2. The molecule has 0 atom stereocenters. The Morgan fingerprint density at radius 3 is 1.54 bits per heavy atom. The zero-order valence-electron chi connectivity index (χ0n) is 30.5. The molecule has 7 aromatic carbocycles. The maximum absolute atomic E-state index is 5.16. The summed E-state index contributed by atoms with van der Waals surface area (Å²) in [5.41, 5.74) is 12.4. The van der Waals surface area contributed by atoms with E-state index in [-0.39, 0.29) is 0 Å². The van der Waals surface area contributed by atoms with Gasteiger partial charge in [0.05, 0.1) is 22.1 Å². The van der Waals surface area contributed by atoms with Crippen LogP contribution in [0.15, 0.2) is 188 Å². The van der Waals surface area contributed by atoms with Crippen molar-refractivity contribution in [3.63, 3.8) is 0 Å². The highest BCUT2D eigenvalue weighted by molar-refractivity contribution is 6.12. The van der Waals surface area contributed by atoms with Crippen molar-refractivity contribution in [2.24, 2.45) is 0 Å². The molecule has 264 valence electrons. The molecule has 3 heterocycles. The molecule has 11 rings (SSSR count). The molecule has 1 aliphatic carbocycles. The van der Waals surface area contributed by atoms with Gasteiger partial charge in [-0.1, -0.05) is 152 Å². The van der Waals surface area contributed by atoms with E-state index in [2.05, 4.69) is 137 Å². The minimum absolute atomic E-state index is 0.583. The maximum atomic E-state index is 5.16. The summed E-state index contributed by atoms with van der Waals surface area (Å²) >= 11 is 0. The molecule has 0 unspecified atom stereocenters. The Kier molecular flexibility index (Phi) is 7.56. The number of benzene rings is 7. The summed E-state index contributed by atoms with van der Waals surface area (Å²) in [5, 5.41) is 4.77. The van der Waals surface area contributed by atoms with Crippen LogP contribution in [0.25, 0.3) is 94.7 Å². The highest BCUT2D eigenvalue weighted by Gasteiger charge is 2.19. The van der Waals surface area contributed by atoms with Crippen molar-refractivity contribution in [3.05, 3.63) is 194 Å². The summed E-state index contributed by atoms with van der Waals surface area (Å²) in [4.78, 5) is 15.3. The topological polar surface area (TPSA) is 48.5 Å². The van der Waals surface area contributed by atoms with Crippen LogP contribution in [0.5, 0.6) is 0 Å². The molecule has 0 saturated carbocycles. The number of fused-ring (bicyclic) bond motifs is 6. The first-order valence-electron chi connectivity index (χ1n) is 19.2. The predicted octanol–water partition coefficient (Wildman–Crippen LogP) is 12.8. The number of aromatic nitrogens is 5. The number of hydrogen-bond donors (Lipinski definition) is 0. The van der Waals surface area contributed by atoms with E-state index in [4.69, 9.17) is 15.0 Å². The predicted molar refractivity (Wildman–Crippen MR) is 231 cm³/mol. The molecule has 0 radical (unpaired) electrons. The molecule has 0 aliphatic heterocycles. The fourth-order valence-corrected chi connectivity index (χ4v) is 8.38. The number of hydrogen-bond acceptors (Lipinski definition) is 3. The van der Waals surface area contributed by atoms with Crippen LogP contribution < -0.4 is 0 Å². The number of nitrogens with zero attached hydrogens (tertiary/aromatic N) is 5. The van der Waals surface area contributed by atoms with Gasteiger partial charge in [-0.05, 0) is 71.5 Å². The van der Waals surface area contributed by atoms with E-state index < -0.39 is 0 Å². The molecule has 0 spiro atoms. The molecule has 56 heavy (non-hydrogen) atoms. The molecule has 0 saturated heterocycles. The molecule has 3 aromatic heterocycles. The SMILES string of the molecule is C1=CCCC(c2cccc(-n3c4ccccc4c4ccc(-c5ccc6c7ccccc7n(-c7nc(-c8ccccc8)nc(-c8ccccc8)n7)c6c5)cc43)c2)=C1. The third-order valence-electron chi connectivity index (χ3n) is 11.1. The fraction of sp³-hybridized carbons (Fsp3) is 0.0392. The lowest BCUT2D eigenvalue weighted by Gasteiger charge is -2.14. The van der Waals surface area contributed by atoms with Gasteiger partial charge in [0.15, 0.2) is 11.6 Å². The fourth-order valence-electron chi connectivity index (χ4n) is 8.38. The lowest BCUT2D eigenvalue weighted by atomic mass is 9.97. The second-order valence-corrected chi connectivity index (χ2v) is 14.4. The van der Waals surface area contributed by atoms with Crippen LogP contribution in [0.2, 0.25) is 0 Å². The summed E-state index contributed by atoms with van der Waals surface area (Å²) in [6.45, 7) is 0. The van der Waals surface area contributed by atoms with Crippen molar-refractivity contribution in [2.75, 3.05) is 0 Å². The zero-order valence-corrected chi connectivity index (χ0v) is 30.5. The summed E-state index contributed by atoms with van der Waals surface area (Å²) in [6, 6.07) is 60.2. The van der Waals surface area contributed by atoms with Crippen LogP contribution in [-0.4, -0.2) is 24.1 Å². The minimum Gasteiger partial charge on any atom is -0.309 e. The average molecular weight is 718 g/mol. The first kappa shape index (κ1) is 32.1. The Labute approximate surface area is 324 Å². The summed E-state index contributed by atoms with van der Waals surface area (Å²) < 4.78 is 4.62. The van der Waals surface area contributed by atoms with Crippen LogP contribution in [0.4, 0.5) is 0 Å². The quantitative estimate of drug-likeness (QED) is 0.172. The van der Waals surface area contributed by atoms with E-state index in [1.54, 1.807) is 0 Å². The van der Waals surface area contributed by atoms with Crippen LogP contribution in [0, 0.1) is 0 Å². The molecule has 10 aromatic rings. The molecule has 0 fully saturated rings. The van der Waals surface area contributed by atoms with E-state index in [0.717, 1.165) is 62.6 Å². The Bertz CT molecular complexity index is 3130. The molecule has 0 bridgehead atoms. The summed E-state index contributed by atoms with van der Waals surface area (Å²) in [6.07, 6.45) is 8.81. The molecule has 5 nitrogen and oxygen atoms in total. The third kappa shape index (κ3) is 5.36. The van der Waals surface area contributed by atoms with Crippen molar-refractivity contribution in [2.45, 2.75) is 12.8 Å². The van der Waals surface area contributed by atoms with E-state index in [1.807, 2.05) is 60.7 Å². The Morgan fingerprint density at radius 2 is 0.929 bits per heavy atom. The van der Waals surface area contributed by atoms with Gasteiger partial charge in [-0.25, -0.2) is 4.98 Å². The molecular weight excluding hydrogens is 683 g/mol. The highest BCUT2D eigenvalue weighted by Crippen LogP contribution is 2.39. The van der Waals surface area contributed by atoms with E-state index in [9.17, 15) is 0 Å². The van der Waals surface area contributed by atoms with Gasteiger partial charge in [0, 0.05) is 38.4 Å². The average Bonchev–Trinajstić information content (AvgIpc) is 3.79. The lowest BCUT2D eigenvalue weighted by Crippen LogP contribution is -2.06.